The SMILES string of the molecule is FC(F)(F)Oc1cccc2c(Cl)ccnc12. The van der Waals surface area contributed by atoms with Gasteiger partial charge in [0.05, 0.1) is 5.02 Å². The van der Waals surface area contributed by atoms with Crippen molar-refractivity contribution in [3.63, 3.8) is 0 Å². The lowest BCUT2D eigenvalue weighted by Crippen LogP contribution is -2.17. The minimum atomic E-state index is -4.74. The molecule has 0 amide bonds. The lowest BCUT2D eigenvalue weighted by Gasteiger charge is -2.10. The first-order valence-corrected chi connectivity index (χ1v) is 4.64. The molecule has 6 heteroatoms. The van der Waals surface area contributed by atoms with E-state index in [1.54, 1.807) is 6.07 Å². The van der Waals surface area contributed by atoms with Gasteiger partial charge in [0.1, 0.15) is 5.52 Å². The Morgan fingerprint density at radius 3 is 2.62 bits per heavy atom. The van der Waals surface area contributed by atoms with Crippen LogP contribution >= 0.6 is 11.6 Å². The molecule has 0 aliphatic rings. The van der Waals surface area contributed by atoms with Gasteiger partial charge in [-0.05, 0) is 12.1 Å². The van der Waals surface area contributed by atoms with Crippen LogP contribution in [0.2, 0.25) is 5.02 Å². The van der Waals surface area contributed by atoms with Crippen molar-refractivity contribution in [1.29, 1.82) is 0 Å². The Balaban J connectivity index is 2.58. The Bertz CT molecular complexity index is 527. The minimum absolute atomic E-state index is 0.0901. The highest BCUT2D eigenvalue weighted by Gasteiger charge is 2.32. The van der Waals surface area contributed by atoms with Crippen molar-refractivity contribution in [2.45, 2.75) is 6.36 Å². The van der Waals surface area contributed by atoms with Gasteiger partial charge in [-0.25, -0.2) is 0 Å². The van der Waals surface area contributed by atoms with Gasteiger partial charge in [0.2, 0.25) is 0 Å². The zero-order valence-electron chi connectivity index (χ0n) is 7.75. The van der Waals surface area contributed by atoms with E-state index in [1.807, 2.05) is 0 Å². The summed E-state index contributed by atoms with van der Waals surface area (Å²) in [6, 6.07) is 5.70. The smallest absolute Gasteiger partial charge is 0.403 e. The number of halogens is 4. The molecular formula is C10H5ClF3NO. The third-order valence-corrected chi connectivity index (χ3v) is 2.24. The fourth-order valence-electron chi connectivity index (χ4n) is 1.32. The summed E-state index contributed by atoms with van der Waals surface area (Å²) in [5.41, 5.74) is 0.0901. The van der Waals surface area contributed by atoms with Gasteiger partial charge in [-0.2, -0.15) is 0 Å². The van der Waals surface area contributed by atoms with Crippen LogP contribution in [0.1, 0.15) is 0 Å². The van der Waals surface area contributed by atoms with Crippen LogP contribution in [0.3, 0.4) is 0 Å². The van der Waals surface area contributed by atoms with Gasteiger partial charge in [-0.3, -0.25) is 4.98 Å². The second kappa shape index (κ2) is 3.83. The highest BCUT2D eigenvalue weighted by molar-refractivity contribution is 6.35. The number of benzene rings is 1. The van der Waals surface area contributed by atoms with Crippen LogP contribution in [0.5, 0.6) is 5.75 Å². The number of fused-ring (bicyclic) bond motifs is 1. The molecule has 0 bridgehead atoms. The Kier molecular flexibility index (Phi) is 2.63. The average Bonchev–Trinajstić information content (AvgIpc) is 2.17. The number of hydrogen-bond donors (Lipinski definition) is 0. The summed E-state index contributed by atoms with van der Waals surface area (Å²) < 4.78 is 40.1. The zero-order valence-corrected chi connectivity index (χ0v) is 8.51. The predicted octanol–water partition coefficient (Wildman–Crippen LogP) is 3.79. The Hall–Kier alpha value is -1.49. The highest BCUT2D eigenvalue weighted by Crippen LogP contribution is 2.31. The molecule has 2 rings (SSSR count). The summed E-state index contributed by atoms with van der Waals surface area (Å²) in [6.45, 7) is 0. The molecule has 0 saturated carbocycles. The van der Waals surface area contributed by atoms with E-state index in [1.165, 1.54) is 24.4 Å². The molecule has 1 aromatic carbocycles. The first-order chi connectivity index (χ1) is 7.47. The second-order valence-corrected chi connectivity index (χ2v) is 3.40. The van der Waals surface area contributed by atoms with Gasteiger partial charge in [0.15, 0.2) is 5.75 Å². The van der Waals surface area contributed by atoms with Gasteiger partial charge in [-0.15, -0.1) is 13.2 Å². The van der Waals surface area contributed by atoms with Crippen LogP contribution in [0.25, 0.3) is 10.9 Å². The Labute approximate surface area is 93.6 Å². The van der Waals surface area contributed by atoms with Crippen LogP contribution in [0.4, 0.5) is 13.2 Å². The first kappa shape index (κ1) is 11.0. The van der Waals surface area contributed by atoms with Crippen molar-refractivity contribution >= 4 is 22.5 Å². The van der Waals surface area contributed by atoms with E-state index in [2.05, 4.69) is 9.72 Å². The summed E-state index contributed by atoms with van der Waals surface area (Å²) in [6.07, 6.45) is -3.41. The largest absolute Gasteiger partial charge is 0.573 e. The number of alkyl halides is 3. The molecule has 2 aromatic rings. The van der Waals surface area contributed by atoms with Crippen LogP contribution in [-0.4, -0.2) is 11.3 Å². The molecule has 0 atom stereocenters. The summed E-state index contributed by atoms with van der Waals surface area (Å²) in [5, 5.41) is 0.753. The van der Waals surface area contributed by atoms with Crippen LogP contribution < -0.4 is 4.74 Å². The van der Waals surface area contributed by atoms with Crippen molar-refractivity contribution in [3.05, 3.63) is 35.5 Å². The van der Waals surface area contributed by atoms with E-state index in [-0.39, 0.29) is 11.3 Å². The number of pyridine rings is 1. The second-order valence-electron chi connectivity index (χ2n) is 2.99. The lowest BCUT2D eigenvalue weighted by atomic mass is 10.2. The number of hydrogen-bond acceptors (Lipinski definition) is 2. The zero-order chi connectivity index (χ0) is 11.8. The van der Waals surface area contributed by atoms with Crippen LogP contribution in [-0.2, 0) is 0 Å². The average molecular weight is 248 g/mol. The fraction of sp³-hybridized carbons (Fsp3) is 0.100. The van der Waals surface area contributed by atoms with Gasteiger partial charge in [-0.1, -0.05) is 23.7 Å². The topological polar surface area (TPSA) is 22.1 Å². The van der Waals surface area contributed by atoms with Crippen molar-refractivity contribution in [1.82, 2.24) is 4.98 Å². The van der Waals surface area contributed by atoms with Crippen molar-refractivity contribution in [2.24, 2.45) is 0 Å². The Morgan fingerprint density at radius 2 is 1.94 bits per heavy atom. The van der Waals surface area contributed by atoms with Gasteiger partial charge < -0.3 is 4.74 Å². The number of aromatic nitrogens is 1. The van der Waals surface area contributed by atoms with Gasteiger partial charge >= 0.3 is 6.36 Å². The molecule has 0 N–H and O–H groups in total. The van der Waals surface area contributed by atoms with Crippen molar-refractivity contribution in [2.75, 3.05) is 0 Å². The molecule has 2 nitrogen and oxygen atoms in total. The molecule has 0 spiro atoms. The Morgan fingerprint density at radius 1 is 1.19 bits per heavy atom. The van der Waals surface area contributed by atoms with Gasteiger partial charge in [0.25, 0.3) is 0 Å². The van der Waals surface area contributed by atoms with E-state index < -0.39 is 6.36 Å². The number of nitrogens with zero attached hydrogens (tertiary/aromatic N) is 1. The summed E-state index contributed by atoms with van der Waals surface area (Å²) >= 11 is 5.82. The fourth-order valence-corrected chi connectivity index (χ4v) is 1.53. The number of rotatable bonds is 1. The molecule has 1 heterocycles. The molecule has 0 fully saturated rings. The molecule has 84 valence electrons. The number of para-hydroxylation sites is 1. The summed E-state index contributed by atoms with van der Waals surface area (Å²) in [7, 11) is 0. The maximum atomic E-state index is 12.1. The quantitative estimate of drug-likeness (QED) is 0.765. The van der Waals surface area contributed by atoms with Gasteiger partial charge in [0, 0.05) is 11.6 Å². The first-order valence-electron chi connectivity index (χ1n) is 4.26. The van der Waals surface area contributed by atoms with E-state index in [0.29, 0.717) is 10.4 Å². The van der Waals surface area contributed by atoms with Crippen molar-refractivity contribution in [3.8, 4) is 5.75 Å². The molecule has 0 radical (unpaired) electrons. The summed E-state index contributed by atoms with van der Waals surface area (Å²) in [4.78, 5) is 3.82. The molecule has 16 heavy (non-hydrogen) atoms. The maximum absolute atomic E-state index is 12.1. The molecule has 0 aliphatic carbocycles. The standard InChI is InChI=1S/C10H5ClF3NO/c11-7-4-5-15-9-6(7)2-1-3-8(9)16-10(12,13)14/h1-5H. The third-order valence-electron chi connectivity index (χ3n) is 1.91. The third kappa shape index (κ3) is 2.19. The molecule has 0 aliphatic heterocycles. The van der Waals surface area contributed by atoms with E-state index >= 15 is 0 Å². The van der Waals surface area contributed by atoms with E-state index in [9.17, 15) is 13.2 Å². The molecule has 0 unspecified atom stereocenters. The van der Waals surface area contributed by atoms with E-state index in [4.69, 9.17) is 11.6 Å². The van der Waals surface area contributed by atoms with E-state index in [0.717, 1.165) is 0 Å². The van der Waals surface area contributed by atoms with Crippen LogP contribution in [0, 0.1) is 0 Å². The lowest BCUT2D eigenvalue weighted by molar-refractivity contribution is -0.274. The highest BCUT2D eigenvalue weighted by atomic mass is 35.5. The summed E-state index contributed by atoms with van der Waals surface area (Å²) in [5.74, 6) is -0.354. The molecule has 0 saturated heterocycles. The molecular weight excluding hydrogens is 243 g/mol. The molecule has 1 aromatic heterocycles. The number of ether oxygens (including phenoxy) is 1. The monoisotopic (exact) mass is 247 g/mol. The van der Waals surface area contributed by atoms with Crippen LogP contribution in [0.15, 0.2) is 30.5 Å². The minimum Gasteiger partial charge on any atom is -0.403 e. The normalized spacial score (nSPS) is 11.8. The predicted molar refractivity (Wildman–Crippen MR) is 53.4 cm³/mol. The van der Waals surface area contributed by atoms with Crippen molar-refractivity contribution < 1.29 is 17.9 Å². The maximum Gasteiger partial charge on any atom is 0.573 e.